The van der Waals surface area contributed by atoms with Crippen LogP contribution in [0.1, 0.15) is 58.8 Å². The number of rotatable bonds is 4. The molecule has 0 aromatic carbocycles. The molecule has 0 bridgehead atoms. The first-order valence-corrected chi connectivity index (χ1v) is 7.66. The second-order valence-electron chi connectivity index (χ2n) is 6.59. The molecule has 2 aliphatic rings. The van der Waals surface area contributed by atoms with E-state index in [4.69, 9.17) is 5.73 Å². The van der Waals surface area contributed by atoms with E-state index in [0.29, 0.717) is 6.04 Å². The normalized spacial score (nSPS) is 35.6. The van der Waals surface area contributed by atoms with Gasteiger partial charge in [-0.15, -0.1) is 0 Å². The molecule has 3 atom stereocenters. The van der Waals surface area contributed by atoms with Gasteiger partial charge < -0.3 is 5.73 Å². The second kappa shape index (κ2) is 6.19. The van der Waals surface area contributed by atoms with Gasteiger partial charge in [-0.2, -0.15) is 0 Å². The molecule has 2 rings (SSSR count). The molecule has 0 spiro atoms. The van der Waals surface area contributed by atoms with Gasteiger partial charge in [0.05, 0.1) is 0 Å². The third-order valence-electron chi connectivity index (χ3n) is 4.72. The average molecular weight is 238 g/mol. The molecule has 1 saturated carbocycles. The van der Waals surface area contributed by atoms with Crippen LogP contribution in [0.5, 0.6) is 0 Å². The van der Waals surface area contributed by atoms with Crippen LogP contribution in [-0.2, 0) is 0 Å². The highest BCUT2D eigenvalue weighted by Gasteiger charge is 2.33. The van der Waals surface area contributed by atoms with Crippen LogP contribution < -0.4 is 5.73 Å². The van der Waals surface area contributed by atoms with E-state index in [1.807, 2.05) is 0 Å². The Kier molecular flexibility index (Phi) is 4.87. The zero-order valence-corrected chi connectivity index (χ0v) is 11.7. The summed E-state index contributed by atoms with van der Waals surface area (Å²) in [6.45, 7) is 6.90. The molecule has 2 nitrogen and oxygen atoms in total. The molecule has 0 aromatic rings. The number of hydrogen-bond donors (Lipinski definition) is 1. The summed E-state index contributed by atoms with van der Waals surface area (Å²) >= 11 is 0. The molecule has 1 aliphatic heterocycles. The smallest absolute Gasteiger partial charge is 0.0221 e. The number of likely N-dealkylation sites (tertiary alicyclic amines) is 1. The Morgan fingerprint density at radius 1 is 1.18 bits per heavy atom. The number of hydrogen-bond acceptors (Lipinski definition) is 2. The van der Waals surface area contributed by atoms with E-state index < -0.39 is 0 Å². The third kappa shape index (κ3) is 3.45. The summed E-state index contributed by atoms with van der Waals surface area (Å²) in [7, 11) is 0. The Morgan fingerprint density at radius 3 is 2.71 bits per heavy atom. The van der Waals surface area contributed by atoms with Crippen molar-refractivity contribution < 1.29 is 0 Å². The largest absolute Gasteiger partial charge is 0.329 e. The van der Waals surface area contributed by atoms with Crippen LogP contribution in [0.4, 0.5) is 0 Å². The fraction of sp³-hybridized carbons (Fsp3) is 1.00. The molecule has 1 saturated heterocycles. The highest BCUT2D eigenvalue weighted by Crippen LogP contribution is 2.34. The Hall–Kier alpha value is -0.0800. The first-order valence-electron chi connectivity index (χ1n) is 7.66. The third-order valence-corrected chi connectivity index (χ3v) is 4.72. The predicted octanol–water partition coefficient (Wildman–Crippen LogP) is 3.01. The Labute approximate surface area is 107 Å². The summed E-state index contributed by atoms with van der Waals surface area (Å²) in [4.78, 5) is 2.74. The van der Waals surface area contributed by atoms with Crippen molar-refractivity contribution in [2.75, 3.05) is 13.1 Å². The van der Waals surface area contributed by atoms with E-state index in [1.54, 1.807) is 0 Å². The maximum Gasteiger partial charge on any atom is 0.0221 e. The minimum absolute atomic E-state index is 0.692. The van der Waals surface area contributed by atoms with E-state index >= 15 is 0 Å². The molecule has 0 radical (unpaired) electrons. The van der Waals surface area contributed by atoms with Gasteiger partial charge in [-0.25, -0.2) is 0 Å². The topological polar surface area (TPSA) is 29.3 Å². The molecule has 3 unspecified atom stereocenters. The maximum absolute atomic E-state index is 5.90. The summed E-state index contributed by atoms with van der Waals surface area (Å²) < 4.78 is 0. The maximum atomic E-state index is 5.90. The van der Waals surface area contributed by atoms with E-state index in [2.05, 4.69) is 18.7 Å². The second-order valence-corrected chi connectivity index (χ2v) is 6.59. The van der Waals surface area contributed by atoms with Gasteiger partial charge in [0.2, 0.25) is 0 Å². The van der Waals surface area contributed by atoms with Crippen molar-refractivity contribution in [2.24, 2.45) is 17.6 Å². The zero-order valence-electron chi connectivity index (χ0n) is 11.7. The van der Waals surface area contributed by atoms with E-state index in [0.717, 1.165) is 24.4 Å². The summed E-state index contributed by atoms with van der Waals surface area (Å²) in [5.74, 6) is 1.84. The van der Waals surface area contributed by atoms with Gasteiger partial charge in [0, 0.05) is 18.6 Å². The van der Waals surface area contributed by atoms with E-state index in [9.17, 15) is 0 Å². The van der Waals surface area contributed by atoms with Crippen molar-refractivity contribution in [3.63, 3.8) is 0 Å². The summed E-state index contributed by atoms with van der Waals surface area (Å²) in [6.07, 6.45) is 9.90. The van der Waals surface area contributed by atoms with Crippen molar-refractivity contribution in [1.82, 2.24) is 4.90 Å². The predicted molar refractivity (Wildman–Crippen MR) is 74.0 cm³/mol. The van der Waals surface area contributed by atoms with Crippen molar-refractivity contribution in [3.05, 3.63) is 0 Å². The molecular formula is C15H30N2. The highest BCUT2D eigenvalue weighted by molar-refractivity contribution is 4.88. The van der Waals surface area contributed by atoms with Crippen molar-refractivity contribution in [1.29, 1.82) is 0 Å². The highest BCUT2D eigenvalue weighted by atomic mass is 15.2. The van der Waals surface area contributed by atoms with Crippen LogP contribution in [0, 0.1) is 11.8 Å². The molecule has 2 N–H and O–H groups in total. The van der Waals surface area contributed by atoms with Crippen LogP contribution >= 0.6 is 0 Å². The lowest BCUT2D eigenvalue weighted by molar-refractivity contribution is 0.113. The fourth-order valence-electron chi connectivity index (χ4n) is 4.04. The lowest BCUT2D eigenvalue weighted by Crippen LogP contribution is -2.44. The van der Waals surface area contributed by atoms with Crippen LogP contribution in [0.25, 0.3) is 0 Å². The molecule has 100 valence electrons. The first-order chi connectivity index (χ1) is 8.20. The fourth-order valence-corrected chi connectivity index (χ4v) is 4.04. The molecule has 17 heavy (non-hydrogen) atoms. The molecule has 2 heteroatoms. The van der Waals surface area contributed by atoms with Gasteiger partial charge >= 0.3 is 0 Å². The van der Waals surface area contributed by atoms with Gasteiger partial charge in [0.1, 0.15) is 0 Å². The first kappa shape index (κ1) is 13.4. The lowest BCUT2D eigenvalue weighted by atomic mass is 9.80. The molecule has 1 aliphatic carbocycles. The van der Waals surface area contributed by atoms with Crippen LogP contribution in [-0.4, -0.2) is 30.1 Å². The molecule has 1 heterocycles. The van der Waals surface area contributed by atoms with Gasteiger partial charge in [-0.05, 0) is 50.5 Å². The summed E-state index contributed by atoms with van der Waals surface area (Å²) in [5, 5.41) is 0. The van der Waals surface area contributed by atoms with Crippen molar-refractivity contribution in [3.8, 4) is 0 Å². The Bertz CT molecular complexity index is 227. The minimum Gasteiger partial charge on any atom is -0.329 e. The standard InChI is InChI=1S/C15H30N2/c1-12(2)9-13-5-3-6-14(10-13)17-8-4-7-15(17)11-16/h12-15H,3-11,16H2,1-2H3. The molecular weight excluding hydrogens is 208 g/mol. The molecule has 2 fully saturated rings. The quantitative estimate of drug-likeness (QED) is 0.816. The van der Waals surface area contributed by atoms with Gasteiger partial charge in [0.25, 0.3) is 0 Å². The van der Waals surface area contributed by atoms with Crippen LogP contribution in [0.3, 0.4) is 0 Å². The Morgan fingerprint density at radius 2 is 2.00 bits per heavy atom. The minimum atomic E-state index is 0.692. The van der Waals surface area contributed by atoms with Crippen molar-refractivity contribution in [2.45, 2.75) is 70.9 Å². The average Bonchev–Trinajstić information content (AvgIpc) is 2.76. The van der Waals surface area contributed by atoms with Gasteiger partial charge in [-0.3, -0.25) is 4.90 Å². The monoisotopic (exact) mass is 238 g/mol. The van der Waals surface area contributed by atoms with E-state index in [1.165, 1.54) is 51.5 Å². The SMILES string of the molecule is CC(C)CC1CCCC(N2CCCC2CN)C1. The van der Waals surface area contributed by atoms with Gasteiger partial charge in [-0.1, -0.05) is 26.7 Å². The van der Waals surface area contributed by atoms with Crippen molar-refractivity contribution >= 4 is 0 Å². The lowest BCUT2D eigenvalue weighted by Gasteiger charge is -2.38. The van der Waals surface area contributed by atoms with Gasteiger partial charge in [0.15, 0.2) is 0 Å². The number of nitrogens with zero attached hydrogens (tertiary/aromatic N) is 1. The Balaban J connectivity index is 1.88. The van der Waals surface area contributed by atoms with E-state index in [-0.39, 0.29) is 0 Å². The van der Waals surface area contributed by atoms with Crippen LogP contribution in [0.2, 0.25) is 0 Å². The number of nitrogens with two attached hydrogens (primary N) is 1. The summed E-state index contributed by atoms with van der Waals surface area (Å²) in [6, 6.07) is 1.54. The molecule has 0 aromatic heterocycles. The zero-order chi connectivity index (χ0) is 12.3. The van der Waals surface area contributed by atoms with Crippen LogP contribution in [0.15, 0.2) is 0 Å². The molecule has 0 amide bonds. The summed E-state index contributed by atoms with van der Waals surface area (Å²) in [5.41, 5.74) is 5.90.